The van der Waals surface area contributed by atoms with Gasteiger partial charge in [0.25, 0.3) is 0 Å². The molecule has 0 saturated carbocycles. The lowest BCUT2D eigenvalue weighted by atomic mass is 9.88. The fourth-order valence-corrected chi connectivity index (χ4v) is 4.31. The molecular formula is C28H33N3O3. The maximum atomic E-state index is 9.71. The Bertz CT molecular complexity index is 1330. The first-order valence-corrected chi connectivity index (χ1v) is 11.8. The molecule has 0 aliphatic carbocycles. The van der Waals surface area contributed by atoms with Gasteiger partial charge < -0.3 is 20.7 Å². The van der Waals surface area contributed by atoms with E-state index in [1.165, 1.54) is 5.56 Å². The van der Waals surface area contributed by atoms with Gasteiger partial charge in [-0.1, -0.05) is 6.92 Å². The fraction of sp³-hybridized carbons (Fsp3) is 0.357. The molecule has 34 heavy (non-hydrogen) atoms. The molecule has 2 aromatic heterocycles. The van der Waals surface area contributed by atoms with Gasteiger partial charge in [-0.05, 0) is 92.3 Å². The van der Waals surface area contributed by atoms with Crippen LogP contribution in [0, 0.1) is 6.92 Å². The second-order valence-corrected chi connectivity index (χ2v) is 9.39. The molecule has 4 aromatic rings. The quantitative estimate of drug-likeness (QED) is 0.398. The number of pyridine rings is 2. The number of rotatable bonds is 4. The smallest absolute Gasteiger partial charge is 0.129 e. The van der Waals surface area contributed by atoms with Crippen molar-refractivity contribution in [1.29, 1.82) is 0 Å². The van der Waals surface area contributed by atoms with E-state index in [9.17, 15) is 5.11 Å². The molecule has 0 amide bonds. The SMILES string of the molecule is CCC(C)(C)O.Cc1cc2nc(N)ccc2c(-c2ccc3c4c(ccnc24)CCO3)c1CCO. The Morgan fingerprint density at radius 1 is 1.15 bits per heavy atom. The molecule has 178 valence electrons. The van der Waals surface area contributed by atoms with Crippen LogP contribution in [-0.4, -0.2) is 39.0 Å². The van der Waals surface area contributed by atoms with Crippen molar-refractivity contribution in [1.82, 2.24) is 9.97 Å². The molecule has 6 nitrogen and oxygen atoms in total. The van der Waals surface area contributed by atoms with Crippen LogP contribution in [0.3, 0.4) is 0 Å². The summed E-state index contributed by atoms with van der Waals surface area (Å²) in [6.07, 6.45) is 4.15. The Kier molecular flexibility index (Phi) is 6.73. The van der Waals surface area contributed by atoms with E-state index in [-0.39, 0.29) is 6.61 Å². The van der Waals surface area contributed by atoms with Crippen LogP contribution in [0.1, 0.15) is 43.9 Å². The number of anilines is 1. The van der Waals surface area contributed by atoms with Crippen molar-refractivity contribution < 1.29 is 14.9 Å². The van der Waals surface area contributed by atoms with Crippen molar-refractivity contribution in [2.24, 2.45) is 0 Å². The molecule has 3 heterocycles. The van der Waals surface area contributed by atoms with Crippen molar-refractivity contribution in [3.8, 4) is 16.9 Å². The van der Waals surface area contributed by atoms with E-state index in [1.807, 2.05) is 37.4 Å². The maximum Gasteiger partial charge on any atom is 0.129 e. The van der Waals surface area contributed by atoms with Crippen molar-refractivity contribution in [3.05, 3.63) is 59.3 Å². The molecular weight excluding hydrogens is 426 g/mol. The van der Waals surface area contributed by atoms with Gasteiger partial charge in [0.2, 0.25) is 0 Å². The third-order valence-corrected chi connectivity index (χ3v) is 6.41. The minimum absolute atomic E-state index is 0.0829. The molecule has 0 fully saturated rings. The average molecular weight is 460 g/mol. The van der Waals surface area contributed by atoms with Crippen LogP contribution in [0.2, 0.25) is 0 Å². The molecule has 0 bridgehead atoms. The average Bonchev–Trinajstić information content (AvgIpc) is 2.81. The Morgan fingerprint density at radius 2 is 1.91 bits per heavy atom. The minimum atomic E-state index is -0.458. The summed E-state index contributed by atoms with van der Waals surface area (Å²) in [7, 11) is 0. The third kappa shape index (κ3) is 4.69. The highest BCUT2D eigenvalue weighted by atomic mass is 16.5. The summed E-state index contributed by atoms with van der Waals surface area (Å²) in [4.78, 5) is 9.27. The van der Waals surface area contributed by atoms with Crippen LogP contribution in [0.4, 0.5) is 5.82 Å². The zero-order chi connectivity index (χ0) is 24.5. The summed E-state index contributed by atoms with van der Waals surface area (Å²) in [5.41, 5.74) is 12.8. The normalized spacial score (nSPS) is 12.9. The summed E-state index contributed by atoms with van der Waals surface area (Å²) in [5.74, 6) is 1.38. The number of nitrogens with two attached hydrogens (primary N) is 1. The molecule has 0 spiro atoms. The second-order valence-electron chi connectivity index (χ2n) is 9.39. The second kappa shape index (κ2) is 9.57. The van der Waals surface area contributed by atoms with Gasteiger partial charge in [0.15, 0.2) is 0 Å². The van der Waals surface area contributed by atoms with Crippen molar-refractivity contribution in [2.45, 2.75) is 52.6 Å². The molecule has 0 radical (unpaired) electrons. The first-order chi connectivity index (χ1) is 16.2. The van der Waals surface area contributed by atoms with Crippen LogP contribution in [0.25, 0.3) is 32.9 Å². The van der Waals surface area contributed by atoms with Crippen LogP contribution < -0.4 is 10.5 Å². The predicted octanol–water partition coefficient (Wildman–Crippen LogP) is 4.98. The summed E-state index contributed by atoms with van der Waals surface area (Å²) in [6.45, 7) is 8.39. The zero-order valence-electron chi connectivity index (χ0n) is 20.4. The maximum absolute atomic E-state index is 9.71. The van der Waals surface area contributed by atoms with E-state index in [4.69, 9.17) is 20.6 Å². The lowest BCUT2D eigenvalue weighted by Crippen LogP contribution is -2.15. The van der Waals surface area contributed by atoms with Gasteiger partial charge in [0.1, 0.15) is 11.6 Å². The number of fused-ring (bicyclic) bond motifs is 1. The number of nitrogen functional groups attached to an aromatic ring is 1. The van der Waals surface area contributed by atoms with E-state index >= 15 is 0 Å². The van der Waals surface area contributed by atoms with Crippen molar-refractivity contribution in [3.63, 3.8) is 0 Å². The lowest BCUT2D eigenvalue weighted by Gasteiger charge is -2.21. The molecule has 0 saturated heterocycles. The Balaban J connectivity index is 0.000000408. The molecule has 0 atom stereocenters. The van der Waals surface area contributed by atoms with Crippen LogP contribution in [0.15, 0.2) is 42.6 Å². The molecule has 1 aliphatic rings. The van der Waals surface area contributed by atoms with Gasteiger partial charge >= 0.3 is 0 Å². The number of aliphatic hydroxyl groups excluding tert-OH is 1. The van der Waals surface area contributed by atoms with E-state index in [2.05, 4.69) is 24.0 Å². The highest BCUT2D eigenvalue weighted by molar-refractivity contribution is 6.07. The Morgan fingerprint density at radius 3 is 2.62 bits per heavy atom. The van der Waals surface area contributed by atoms with E-state index in [0.29, 0.717) is 18.8 Å². The van der Waals surface area contributed by atoms with Gasteiger partial charge in [-0.15, -0.1) is 0 Å². The van der Waals surface area contributed by atoms with E-state index in [1.54, 1.807) is 13.8 Å². The van der Waals surface area contributed by atoms with Gasteiger partial charge in [-0.2, -0.15) is 0 Å². The number of aryl methyl sites for hydroxylation is 1. The standard InChI is InChI=1S/C23H21N3O2.C5H12O/c1-13-12-18-16(3-5-20(24)26-18)22(15(13)7-10-27)17-2-4-19-21-14(8-11-28-19)6-9-25-23(17)21;1-4-5(2,3)6/h2-6,9,12,27H,7-8,10-11H2,1H3,(H2,24,26);6H,4H2,1-3H3. The Hall–Kier alpha value is -3.22. The number of aromatic nitrogens is 2. The number of hydrogen-bond acceptors (Lipinski definition) is 6. The van der Waals surface area contributed by atoms with Crippen molar-refractivity contribution in [2.75, 3.05) is 18.9 Å². The number of benzene rings is 2. The molecule has 6 heteroatoms. The van der Waals surface area contributed by atoms with Gasteiger partial charge in [-0.25, -0.2) is 4.98 Å². The molecule has 1 aliphatic heterocycles. The van der Waals surface area contributed by atoms with Gasteiger partial charge in [0, 0.05) is 35.6 Å². The third-order valence-electron chi connectivity index (χ3n) is 6.41. The summed E-state index contributed by atoms with van der Waals surface area (Å²) in [5, 5.41) is 20.6. The van der Waals surface area contributed by atoms with Crippen LogP contribution in [-0.2, 0) is 12.8 Å². The monoisotopic (exact) mass is 459 g/mol. The molecule has 2 aromatic carbocycles. The first kappa shape index (κ1) is 23.9. The summed E-state index contributed by atoms with van der Waals surface area (Å²) < 4.78 is 5.88. The van der Waals surface area contributed by atoms with E-state index < -0.39 is 5.60 Å². The zero-order valence-corrected chi connectivity index (χ0v) is 20.4. The molecule has 5 rings (SSSR count). The van der Waals surface area contributed by atoms with Crippen LogP contribution >= 0.6 is 0 Å². The first-order valence-electron chi connectivity index (χ1n) is 11.8. The summed E-state index contributed by atoms with van der Waals surface area (Å²) in [6, 6.07) is 12.1. The fourth-order valence-electron chi connectivity index (χ4n) is 4.31. The Labute approximate surface area is 200 Å². The highest BCUT2D eigenvalue weighted by Gasteiger charge is 2.21. The number of aliphatic hydroxyl groups is 2. The minimum Gasteiger partial charge on any atom is -0.493 e. The topological polar surface area (TPSA) is 101 Å². The molecule has 0 unspecified atom stereocenters. The number of hydrogen-bond donors (Lipinski definition) is 3. The van der Waals surface area contributed by atoms with Crippen LogP contribution in [0.5, 0.6) is 5.75 Å². The lowest BCUT2D eigenvalue weighted by molar-refractivity contribution is 0.0765. The highest BCUT2D eigenvalue weighted by Crippen LogP contribution is 2.42. The predicted molar refractivity (Wildman–Crippen MR) is 138 cm³/mol. The van der Waals surface area contributed by atoms with E-state index in [0.717, 1.165) is 62.7 Å². The van der Waals surface area contributed by atoms with Crippen molar-refractivity contribution >= 4 is 27.6 Å². The number of nitrogens with zero attached hydrogens (tertiary/aromatic N) is 2. The van der Waals surface area contributed by atoms with Gasteiger partial charge in [-0.3, -0.25) is 4.98 Å². The molecule has 4 N–H and O–H groups in total. The summed E-state index contributed by atoms with van der Waals surface area (Å²) >= 11 is 0. The number of ether oxygens (including phenoxy) is 1. The largest absolute Gasteiger partial charge is 0.493 e. The van der Waals surface area contributed by atoms with Gasteiger partial charge in [0.05, 0.1) is 23.2 Å².